The van der Waals surface area contributed by atoms with E-state index in [0.29, 0.717) is 18.6 Å². The topological polar surface area (TPSA) is 90.7 Å². The lowest BCUT2D eigenvalue weighted by molar-refractivity contribution is -0.144. The van der Waals surface area contributed by atoms with Crippen molar-refractivity contribution in [2.75, 3.05) is 13.7 Å². The highest BCUT2D eigenvalue weighted by Gasteiger charge is 2.34. The molecule has 3 aromatic rings. The van der Waals surface area contributed by atoms with Gasteiger partial charge in [0.2, 0.25) is 10.0 Å². The van der Waals surface area contributed by atoms with E-state index in [9.17, 15) is 17.6 Å². The Bertz CT molecular complexity index is 1330. The van der Waals surface area contributed by atoms with E-state index in [-0.39, 0.29) is 34.8 Å². The zero-order chi connectivity index (χ0) is 25.2. The van der Waals surface area contributed by atoms with Crippen molar-refractivity contribution >= 4 is 27.6 Å². The van der Waals surface area contributed by atoms with Crippen LogP contribution in [0.25, 0.3) is 0 Å². The highest BCUT2D eigenvalue weighted by Crippen LogP contribution is 2.38. The quantitative estimate of drug-likeness (QED) is 0.398. The normalized spacial score (nSPS) is 15.6. The monoisotopic (exact) mass is 521 g/mol. The van der Waals surface area contributed by atoms with Crippen molar-refractivity contribution in [3.63, 3.8) is 0 Å². The van der Waals surface area contributed by atoms with Crippen molar-refractivity contribution in [2.45, 2.75) is 43.7 Å². The highest BCUT2D eigenvalue weighted by atomic mass is 35.5. The number of aromatic nitrogens is 2. The average Bonchev–Trinajstić information content (AvgIpc) is 3.24. The molecule has 0 aliphatic heterocycles. The molecule has 0 saturated heterocycles. The summed E-state index contributed by atoms with van der Waals surface area (Å²) in [5.74, 6) is -0.167. The second-order valence-corrected chi connectivity index (χ2v) is 10.5. The minimum Gasteiger partial charge on any atom is -0.465 e. The summed E-state index contributed by atoms with van der Waals surface area (Å²) < 4.78 is 53.6. The summed E-state index contributed by atoms with van der Waals surface area (Å²) in [6, 6.07) is 9.20. The van der Waals surface area contributed by atoms with Gasteiger partial charge in [0.15, 0.2) is 0 Å². The van der Waals surface area contributed by atoms with E-state index in [2.05, 4.69) is 5.10 Å². The van der Waals surface area contributed by atoms with Crippen molar-refractivity contribution in [1.29, 1.82) is 0 Å². The summed E-state index contributed by atoms with van der Waals surface area (Å²) in [4.78, 5) is 11.9. The van der Waals surface area contributed by atoms with Crippen LogP contribution in [0.5, 0.6) is 11.5 Å². The van der Waals surface area contributed by atoms with E-state index >= 15 is 0 Å². The first-order valence-corrected chi connectivity index (χ1v) is 12.9. The molecular formula is C24H25ClFN3O5S. The minimum absolute atomic E-state index is 0.0162. The number of benzene rings is 2. The predicted octanol–water partition coefficient (Wildman–Crippen LogP) is 4.73. The van der Waals surface area contributed by atoms with Gasteiger partial charge in [0, 0.05) is 18.3 Å². The summed E-state index contributed by atoms with van der Waals surface area (Å²) in [7, 11) is -2.38. The molecule has 1 aromatic heterocycles. The van der Waals surface area contributed by atoms with Crippen LogP contribution in [0, 0.1) is 5.82 Å². The zero-order valence-electron chi connectivity index (χ0n) is 19.3. The van der Waals surface area contributed by atoms with Crippen molar-refractivity contribution in [3.8, 4) is 11.5 Å². The second-order valence-electron chi connectivity index (χ2n) is 8.09. The van der Waals surface area contributed by atoms with Crippen LogP contribution in [0.4, 0.5) is 4.39 Å². The van der Waals surface area contributed by atoms with Crippen molar-refractivity contribution < 1.29 is 27.1 Å². The molecule has 0 bridgehead atoms. The second kappa shape index (κ2) is 10.3. The molecule has 1 heterocycles. The Morgan fingerprint density at radius 2 is 2.00 bits per heavy atom. The van der Waals surface area contributed by atoms with Crippen LogP contribution in [0.2, 0.25) is 5.02 Å². The van der Waals surface area contributed by atoms with Gasteiger partial charge in [-0.2, -0.15) is 9.40 Å². The molecule has 35 heavy (non-hydrogen) atoms. The Hall–Kier alpha value is -2.95. The molecule has 0 spiro atoms. The van der Waals surface area contributed by atoms with Crippen molar-refractivity contribution in [1.82, 2.24) is 14.1 Å². The molecule has 0 amide bonds. The molecule has 1 aliphatic rings. The Morgan fingerprint density at radius 3 is 2.69 bits per heavy atom. The summed E-state index contributed by atoms with van der Waals surface area (Å²) in [5, 5.41) is 4.42. The molecule has 11 heteroatoms. The molecular weight excluding hydrogens is 497 g/mol. The van der Waals surface area contributed by atoms with E-state index in [0.717, 1.165) is 17.7 Å². The number of esters is 1. The number of fused-ring (bicyclic) bond motifs is 1. The van der Waals surface area contributed by atoms with Crippen molar-refractivity contribution in [2.24, 2.45) is 0 Å². The number of sulfonamides is 1. The van der Waals surface area contributed by atoms with Crippen LogP contribution in [-0.4, -0.2) is 42.1 Å². The van der Waals surface area contributed by atoms with Crippen LogP contribution < -0.4 is 4.74 Å². The van der Waals surface area contributed by atoms with E-state index in [1.165, 1.54) is 53.8 Å². The SMILES string of the molecule is CCOC(=O)Cn1ncc2c1CCCC2N(C)S(=O)(=O)c1ccc(Oc2ccc(F)cc2)c(Cl)c1. The van der Waals surface area contributed by atoms with Crippen LogP contribution in [-0.2, 0) is 32.5 Å². The Balaban J connectivity index is 1.56. The van der Waals surface area contributed by atoms with Crippen LogP contribution in [0.3, 0.4) is 0 Å². The number of hydrogen-bond donors (Lipinski definition) is 0. The molecule has 8 nitrogen and oxygen atoms in total. The molecule has 4 rings (SSSR count). The van der Waals surface area contributed by atoms with Gasteiger partial charge in [-0.05, 0) is 68.7 Å². The van der Waals surface area contributed by atoms with Crippen LogP contribution >= 0.6 is 11.6 Å². The molecule has 1 atom stereocenters. The van der Waals surface area contributed by atoms with E-state index in [1.54, 1.807) is 17.8 Å². The number of halogens is 2. The first kappa shape index (κ1) is 25.2. The lowest BCUT2D eigenvalue weighted by atomic mass is 9.93. The Labute approximate surface area is 208 Å². The van der Waals surface area contributed by atoms with Gasteiger partial charge in [-0.3, -0.25) is 9.48 Å². The lowest BCUT2D eigenvalue weighted by Gasteiger charge is -2.31. The van der Waals surface area contributed by atoms with E-state index in [1.807, 2.05) is 0 Å². The minimum atomic E-state index is -3.91. The van der Waals surface area contributed by atoms with E-state index in [4.69, 9.17) is 21.1 Å². The smallest absolute Gasteiger partial charge is 0.327 e. The standard InChI is InChI=1S/C24H25ClFN3O5S/c1-3-33-24(30)15-29-22-6-4-5-21(19(22)14-27-29)28(2)35(31,32)18-11-12-23(20(25)13-18)34-17-9-7-16(26)8-10-17/h7-14,21H,3-6,15H2,1-2H3. The molecule has 2 aromatic carbocycles. The molecule has 1 aliphatic carbocycles. The number of carbonyl (C=O) groups excluding carboxylic acids is 1. The molecule has 0 fully saturated rings. The fourth-order valence-corrected chi connectivity index (χ4v) is 5.80. The zero-order valence-corrected chi connectivity index (χ0v) is 20.9. The third-order valence-corrected chi connectivity index (χ3v) is 8.03. The third kappa shape index (κ3) is 5.34. The van der Waals surface area contributed by atoms with Crippen LogP contribution in [0.1, 0.15) is 37.1 Å². The van der Waals surface area contributed by atoms with Crippen LogP contribution in [0.15, 0.2) is 53.6 Å². The molecule has 0 N–H and O–H groups in total. The maximum absolute atomic E-state index is 13.5. The predicted molar refractivity (Wildman–Crippen MR) is 127 cm³/mol. The summed E-state index contributed by atoms with van der Waals surface area (Å²) in [6.45, 7) is 2.00. The van der Waals surface area contributed by atoms with Gasteiger partial charge < -0.3 is 9.47 Å². The van der Waals surface area contributed by atoms with Gasteiger partial charge in [-0.25, -0.2) is 12.8 Å². The van der Waals surface area contributed by atoms with Gasteiger partial charge in [-0.15, -0.1) is 0 Å². The maximum atomic E-state index is 13.5. The summed E-state index contributed by atoms with van der Waals surface area (Å²) in [5.41, 5.74) is 1.60. The van der Waals surface area contributed by atoms with Crippen molar-refractivity contribution in [3.05, 3.63) is 70.8 Å². The van der Waals surface area contributed by atoms with Gasteiger partial charge in [0.1, 0.15) is 23.9 Å². The number of ether oxygens (including phenoxy) is 2. The molecule has 0 radical (unpaired) electrons. The highest BCUT2D eigenvalue weighted by molar-refractivity contribution is 7.89. The fourth-order valence-electron chi connectivity index (χ4n) is 4.13. The first-order valence-electron chi connectivity index (χ1n) is 11.1. The largest absolute Gasteiger partial charge is 0.465 e. The number of carbonyl (C=O) groups is 1. The van der Waals surface area contributed by atoms with Gasteiger partial charge in [0.05, 0.1) is 28.8 Å². The maximum Gasteiger partial charge on any atom is 0.327 e. The summed E-state index contributed by atoms with van der Waals surface area (Å²) in [6.07, 6.45) is 3.68. The third-order valence-electron chi connectivity index (χ3n) is 5.88. The molecule has 1 unspecified atom stereocenters. The lowest BCUT2D eigenvalue weighted by Crippen LogP contribution is -2.33. The first-order chi connectivity index (χ1) is 16.7. The molecule has 0 saturated carbocycles. The Kier molecular flexibility index (Phi) is 7.44. The fraction of sp³-hybridized carbons (Fsp3) is 0.333. The van der Waals surface area contributed by atoms with Gasteiger partial charge in [0.25, 0.3) is 0 Å². The summed E-state index contributed by atoms with van der Waals surface area (Å²) >= 11 is 6.33. The number of rotatable bonds is 8. The van der Waals surface area contributed by atoms with E-state index < -0.39 is 21.9 Å². The molecule has 186 valence electrons. The number of nitrogens with zero attached hydrogens (tertiary/aromatic N) is 3. The van der Waals surface area contributed by atoms with Gasteiger partial charge in [-0.1, -0.05) is 11.6 Å². The van der Waals surface area contributed by atoms with Gasteiger partial charge >= 0.3 is 5.97 Å². The Morgan fingerprint density at radius 1 is 1.26 bits per heavy atom. The number of hydrogen-bond acceptors (Lipinski definition) is 6. The average molecular weight is 522 g/mol.